The molecule has 0 unspecified atom stereocenters. The van der Waals surface area contributed by atoms with Crippen molar-refractivity contribution in [2.45, 2.75) is 20.3 Å². The predicted octanol–water partition coefficient (Wildman–Crippen LogP) is 2.60. The molecule has 6 nitrogen and oxygen atoms in total. The van der Waals surface area contributed by atoms with Crippen LogP contribution in [0.1, 0.15) is 18.2 Å². The highest BCUT2D eigenvalue weighted by Gasteiger charge is 2.11. The van der Waals surface area contributed by atoms with Crippen LogP contribution in [-0.2, 0) is 16.0 Å². The van der Waals surface area contributed by atoms with Gasteiger partial charge in [0.15, 0.2) is 5.13 Å². The van der Waals surface area contributed by atoms with E-state index in [2.05, 4.69) is 15.6 Å². The minimum Gasteiger partial charge on any atom is -0.495 e. The van der Waals surface area contributed by atoms with E-state index >= 15 is 0 Å². The lowest BCUT2D eigenvalue weighted by Gasteiger charge is -2.10. The average Bonchev–Trinajstić information content (AvgIpc) is 2.86. The number of nitrogens with one attached hydrogen (secondary N) is 2. The third-order valence-corrected chi connectivity index (χ3v) is 3.61. The number of thiazole rings is 1. The van der Waals surface area contributed by atoms with Crippen LogP contribution in [-0.4, -0.2) is 23.9 Å². The van der Waals surface area contributed by atoms with E-state index in [0.717, 1.165) is 5.56 Å². The zero-order valence-electron chi connectivity index (χ0n) is 12.6. The zero-order valence-corrected chi connectivity index (χ0v) is 13.4. The first kappa shape index (κ1) is 16.0. The van der Waals surface area contributed by atoms with Gasteiger partial charge in [0.2, 0.25) is 11.8 Å². The summed E-state index contributed by atoms with van der Waals surface area (Å²) in [6, 6.07) is 5.55. The van der Waals surface area contributed by atoms with Gasteiger partial charge in [-0.3, -0.25) is 9.59 Å². The average molecular weight is 319 g/mol. The molecule has 0 spiro atoms. The van der Waals surface area contributed by atoms with Crippen LogP contribution in [0.25, 0.3) is 0 Å². The summed E-state index contributed by atoms with van der Waals surface area (Å²) in [5.74, 6) is 0.238. The molecule has 0 bridgehead atoms. The summed E-state index contributed by atoms with van der Waals surface area (Å²) in [6.07, 6.45) is 0.132. The second kappa shape index (κ2) is 7.04. The minimum atomic E-state index is -0.193. The molecule has 0 saturated heterocycles. The highest BCUT2D eigenvalue weighted by Crippen LogP contribution is 2.25. The summed E-state index contributed by atoms with van der Waals surface area (Å²) in [4.78, 5) is 27.2. The first-order chi connectivity index (χ1) is 10.5. The van der Waals surface area contributed by atoms with E-state index in [-0.39, 0.29) is 18.2 Å². The highest BCUT2D eigenvalue weighted by molar-refractivity contribution is 7.13. The number of hydrogen-bond donors (Lipinski definition) is 2. The van der Waals surface area contributed by atoms with E-state index in [1.807, 2.05) is 19.1 Å². The number of rotatable bonds is 5. The summed E-state index contributed by atoms with van der Waals surface area (Å²) >= 11 is 1.29. The van der Waals surface area contributed by atoms with E-state index in [0.29, 0.717) is 22.3 Å². The van der Waals surface area contributed by atoms with Gasteiger partial charge in [-0.05, 0) is 24.6 Å². The number of carbonyl (C=O) groups excluding carboxylic acids is 2. The molecule has 22 heavy (non-hydrogen) atoms. The lowest BCUT2D eigenvalue weighted by molar-refractivity contribution is -0.116. The van der Waals surface area contributed by atoms with Crippen LogP contribution in [0.3, 0.4) is 0 Å². The predicted molar refractivity (Wildman–Crippen MR) is 86.5 cm³/mol. The van der Waals surface area contributed by atoms with Gasteiger partial charge < -0.3 is 15.4 Å². The van der Waals surface area contributed by atoms with E-state index in [4.69, 9.17) is 4.74 Å². The van der Waals surface area contributed by atoms with Crippen LogP contribution in [0.2, 0.25) is 0 Å². The third-order valence-electron chi connectivity index (χ3n) is 2.81. The van der Waals surface area contributed by atoms with Crippen molar-refractivity contribution in [1.82, 2.24) is 4.98 Å². The lowest BCUT2D eigenvalue weighted by atomic mass is 10.2. The fraction of sp³-hybridized carbons (Fsp3) is 0.267. The van der Waals surface area contributed by atoms with Gasteiger partial charge >= 0.3 is 0 Å². The van der Waals surface area contributed by atoms with Gasteiger partial charge in [0, 0.05) is 12.3 Å². The Hall–Kier alpha value is -2.41. The highest BCUT2D eigenvalue weighted by atomic mass is 32.1. The molecule has 0 fully saturated rings. The molecule has 0 aliphatic carbocycles. The molecule has 1 aromatic heterocycles. The van der Waals surface area contributed by atoms with Crippen molar-refractivity contribution >= 4 is 34.0 Å². The van der Waals surface area contributed by atoms with Crippen molar-refractivity contribution in [1.29, 1.82) is 0 Å². The molecule has 116 valence electrons. The van der Waals surface area contributed by atoms with Crippen LogP contribution >= 0.6 is 11.3 Å². The van der Waals surface area contributed by atoms with Gasteiger partial charge in [-0.1, -0.05) is 6.07 Å². The van der Waals surface area contributed by atoms with Crippen molar-refractivity contribution in [3.8, 4) is 5.75 Å². The van der Waals surface area contributed by atoms with E-state index in [1.54, 1.807) is 18.6 Å². The molecule has 2 aromatic rings. The molecule has 2 N–H and O–H groups in total. The van der Waals surface area contributed by atoms with Gasteiger partial charge in [0.25, 0.3) is 0 Å². The summed E-state index contributed by atoms with van der Waals surface area (Å²) in [6.45, 7) is 3.37. The maximum atomic E-state index is 12.1. The topological polar surface area (TPSA) is 80.3 Å². The molecule has 0 aliphatic rings. The smallest absolute Gasteiger partial charge is 0.230 e. The maximum absolute atomic E-state index is 12.1. The number of aromatic nitrogens is 1. The summed E-state index contributed by atoms with van der Waals surface area (Å²) < 4.78 is 5.25. The van der Waals surface area contributed by atoms with Crippen molar-refractivity contribution in [3.05, 3.63) is 34.8 Å². The number of amides is 2. The molecule has 7 heteroatoms. The Balaban J connectivity index is 2.01. The Bertz CT molecular complexity index is 697. The van der Waals surface area contributed by atoms with Crippen LogP contribution < -0.4 is 15.4 Å². The molecular formula is C15H17N3O3S. The third kappa shape index (κ3) is 4.29. The van der Waals surface area contributed by atoms with E-state index < -0.39 is 0 Å². The Morgan fingerprint density at radius 1 is 1.32 bits per heavy atom. The molecule has 2 rings (SSSR count). The number of ether oxygens (including phenoxy) is 1. The number of benzene rings is 1. The van der Waals surface area contributed by atoms with Gasteiger partial charge in [0.05, 0.1) is 24.9 Å². The van der Waals surface area contributed by atoms with Crippen LogP contribution in [0.15, 0.2) is 23.6 Å². The van der Waals surface area contributed by atoms with Crippen molar-refractivity contribution in [2.24, 2.45) is 0 Å². The minimum absolute atomic E-state index is 0.132. The summed E-state index contributed by atoms with van der Waals surface area (Å²) in [7, 11) is 1.56. The Kier molecular flexibility index (Phi) is 5.11. The first-order valence-electron chi connectivity index (χ1n) is 6.64. The number of carbonyl (C=O) groups is 2. The van der Waals surface area contributed by atoms with Crippen molar-refractivity contribution < 1.29 is 14.3 Å². The summed E-state index contributed by atoms with van der Waals surface area (Å²) in [5, 5.41) is 7.63. The standard InChI is InChI=1S/C15H17N3O3S/c1-9-4-5-12(13(6-9)21-3)18-14(20)7-11-8-22-15(17-11)16-10(2)19/h4-6,8H,7H2,1-3H3,(H,18,20)(H,16,17,19). The van der Waals surface area contributed by atoms with E-state index in [9.17, 15) is 9.59 Å². The largest absolute Gasteiger partial charge is 0.495 e. The number of hydrogen-bond acceptors (Lipinski definition) is 5. The normalized spacial score (nSPS) is 10.1. The number of methoxy groups -OCH3 is 1. The lowest BCUT2D eigenvalue weighted by Crippen LogP contribution is -2.15. The Morgan fingerprint density at radius 3 is 2.77 bits per heavy atom. The molecule has 0 aliphatic heterocycles. The number of aryl methyl sites for hydroxylation is 1. The van der Waals surface area contributed by atoms with Crippen molar-refractivity contribution in [2.75, 3.05) is 17.7 Å². The molecule has 1 heterocycles. The number of anilines is 2. The number of nitrogens with zero attached hydrogens (tertiary/aromatic N) is 1. The molecule has 0 radical (unpaired) electrons. The monoisotopic (exact) mass is 319 g/mol. The van der Waals surface area contributed by atoms with Crippen LogP contribution in [0, 0.1) is 6.92 Å². The Morgan fingerprint density at radius 2 is 2.09 bits per heavy atom. The van der Waals surface area contributed by atoms with Gasteiger partial charge in [0.1, 0.15) is 5.75 Å². The van der Waals surface area contributed by atoms with E-state index in [1.165, 1.54) is 18.3 Å². The summed E-state index contributed by atoms with van der Waals surface area (Å²) in [5.41, 5.74) is 2.28. The van der Waals surface area contributed by atoms with Gasteiger partial charge in [-0.25, -0.2) is 4.98 Å². The fourth-order valence-electron chi connectivity index (χ4n) is 1.86. The molecule has 0 atom stereocenters. The van der Waals surface area contributed by atoms with Gasteiger partial charge in [-0.15, -0.1) is 11.3 Å². The maximum Gasteiger partial charge on any atom is 0.230 e. The second-order valence-corrected chi connectivity index (χ2v) is 5.61. The van der Waals surface area contributed by atoms with Crippen LogP contribution in [0.4, 0.5) is 10.8 Å². The van der Waals surface area contributed by atoms with Crippen LogP contribution in [0.5, 0.6) is 5.75 Å². The van der Waals surface area contributed by atoms with Gasteiger partial charge in [-0.2, -0.15) is 0 Å². The molecule has 2 amide bonds. The zero-order chi connectivity index (χ0) is 16.1. The Labute approximate surface area is 132 Å². The second-order valence-electron chi connectivity index (χ2n) is 4.75. The quantitative estimate of drug-likeness (QED) is 0.887. The fourth-order valence-corrected chi connectivity index (χ4v) is 2.61. The SMILES string of the molecule is COc1cc(C)ccc1NC(=O)Cc1csc(NC(C)=O)n1. The molecular weight excluding hydrogens is 302 g/mol. The molecule has 0 saturated carbocycles. The first-order valence-corrected chi connectivity index (χ1v) is 7.52. The van der Waals surface area contributed by atoms with Crippen molar-refractivity contribution in [3.63, 3.8) is 0 Å². The molecule has 1 aromatic carbocycles.